The summed E-state index contributed by atoms with van der Waals surface area (Å²) in [6.45, 7) is 0.0553. The van der Waals surface area contributed by atoms with E-state index in [0.717, 1.165) is 12.1 Å². The van der Waals surface area contributed by atoms with Crippen molar-refractivity contribution in [2.45, 2.75) is 35.7 Å². The molecule has 1 aromatic heterocycles. The fraction of sp³-hybridized carbons (Fsp3) is 0.261. The number of rotatable bonds is 6. The monoisotopic (exact) mass is 477 g/mol. The second-order valence-corrected chi connectivity index (χ2v) is 9.34. The molecule has 33 heavy (non-hydrogen) atoms. The van der Waals surface area contributed by atoms with Crippen molar-refractivity contribution in [3.63, 3.8) is 0 Å². The zero-order valence-electron chi connectivity index (χ0n) is 17.2. The highest BCUT2D eigenvalue weighted by Gasteiger charge is 2.45. The van der Waals surface area contributed by atoms with Crippen LogP contribution in [0.3, 0.4) is 0 Å². The Hall–Kier alpha value is -2.98. The van der Waals surface area contributed by atoms with E-state index in [1.165, 1.54) is 48.8 Å². The van der Waals surface area contributed by atoms with E-state index in [1.54, 1.807) is 0 Å². The normalized spacial score (nSPS) is 18.9. The van der Waals surface area contributed by atoms with Crippen molar-refractivity contribution in [1.29, 1.82) is 0 Å². The zero-order valence-corrected chi connectivity index (χ0v) is 18.0. The lowest BCUT2D eigenvalue weighted by molar-refractivity contribution is -0.137. The Morgan fingerprint density at radius 2 is 1.85 bits per heavy atom. The molecule has 1 fully saturated rings. The SMILES string of the molecule is O=C(NCc1cc(-c2cccc(C(F)(F)F)c2)ncn1)C1CCC1[S+]([O-])c1ccc(F)cc1. The summed E-state index contributed by atoms with van der Waals surface area (Å²) < 4.78 is 64.8. The molecule has 0 spiro atoms. The van der Waals surface area contributed by atoms with Crippen molar-refractivity contribution in [2.24, 2.45) is 5.92 Å². The van der Waals surface area contributed by atoms with Gasteiger partial charge in [0.2, 0.25) is 5.91 Å². The van der Waals surface area contributed by atoms with E-state index in [4.69, 9.17) is 0 Å². The summed E-state index contributed by atoms with van der Waals surface area (Å²) in [5, 5.41) is 2.40. The molecule has 3 unspecified atom stereocenters. The second kappa shape index (κ2) is 9.48. The molecule has 1 aliphatic rings. The largest absolute Gasteiger partial charge is 0.611 e. The zero-order chi connectivity index (χ0) is 23.6. The first-order chi connectivity index (χ1) is 15.7. The van der Waals surface area contributed by atoms with Crippen LogP contribution in [0.25, 0.3) is 11.3 Å². The Bertz CT molecular complexity index is 1140. The van der Waals surface area contributed by atoms with Gasteiger partial charge in [0.15, 0.2) is 4.90 Å². The minimum Gasteiger partial charge on any atom is -0.611 e. The number of hydrogen-bond acceptors (Lipinski definition) is 4. The van der Waals surface area contributed by atoms with Gasteiger partial charge in [0.1, 0.15) is 17.4 Å². The lowest BCUT2D eigenvalue weighted by Gasteiger charge is -2.35. The molecule has 1 heterocycles. The highest BCUT2D eigenvalue weighted by Crippen LogP contribution is 2.37. The van der Waals surface area contributed by atoms with Crippen molar-refractivity contribution >= 4 is 17.1 Å². The molecule has 0 radical (unpaired) electrons. The molecule has 1 saturated carbocycles. The van der Waals surface area contributed by atoms with E-state index in [1.807, 2.05) is 0 Å². The maximum absolute atomic E-state index is 13.1. The third-order valence-corrected chi connectivity index (χ3v) is 7.37. The van der Waals surface area contributed by atoms with Crippen molar-refractivity contribution in [1.82, 2.24) is 15.3 Å². The van der Waals surface area contributed by atoms with Crippen molar-refractivity contribution in [3.05, 3.63) is 78.0 Å². The topological polar surface area (TPSA) is 77.9 Å². The molecule has 0 aliphatic heterocycles. The van der Waals surface area contributed by atoms with Gasteiger partial charge in [-0.1, -0.05) is 12.1 Å². The lowest BCUT2D eigenvalue weighted by atomic mass is 9.84. The number of alkyl halides is 3. The number of amides is 1. The standard InChI is InChI=1S/C23H19F4N3O2S/c24-16-4-6-18(7-5-16)33(32)21-9-8-19(21)22(31)28-12-17-11-20(30-13-29-17)14-2-1-3-15(10-14)23(25,26)27/h1-7,10-11,13,19,21H,8-9,12H2,(H,28,31). The Balaban J connectivity index is 1.40. The number of halogens is 4. The highest BCUT2D eigenvalue weighted by atomic mass is 32.2. The minimum atomic E-state index is -4.47. The fourth-order valence-corrected chi connectivity index (χ4v) is 5.25. The van der Waals surface area contributed by atoms with Crippen LogP contribution in [0.2, 0.25) is 0 Å². The predicted molar refractivity (Wildman–Crippen MR) is 114 cm³/mol. The Morgan fingerprint density at radius 1 is 1.09 bits per heavy atom. The van der Waals surface area contributed by atoms with Crippen LogP contribution in [0.4, 0.5) is 17.6 Å². The van der Waals surface area contributed by atoms with Crippen molar-refractivity contribution in [2.75, 3.05) is 0 Å². The number of nitrogens with zero attached hydrogens (tertiary/aromatic N) is 2. The molecule has 1 aliphatic carbocycles. The molecule has 172 valence electrons. The van der Waals surface area contributed by atoms with E-state index in [-0.39, 0.29) is 23.3 Å². The van der Waals surface area contributed by atoms with Gasteiger partial charge in [0, 0.05) is 5.56 Å². The smallest absolute Gasteiger partial charge is 0.416 e. The van der Waals surface area contributed by atoms with Gasteiger partial charge < -0.3 is 9.87 Å². The fourth-order valence-electron chi connectivity index (χ4n) is 3.58. The maximum atomic E-state index is 13.1. The van der Waals surface area contributed by atoms with E-state index < -0.39 is 34.7 Å². The Labute approximate surface area is 190 Å². The molecule has 3 aromatic rings. The van der Waals surface area contributed by atoms with Gasteiger partial charge in [0.25, 0.3) is 0 Å². The van der Waals surface area contributed by atoms with E-state index in [2.05, 4.69) is 15.3 Å². The molecule has 4 rings (SSSR count). The van der Waals surface area contributed by atoms with Crippen LogP contribution in [-0.2, 0) is 28.7 Å². The summed E-state index contributed by atoms with van der Waals surface area (Å²) in [7, 11) is 0. The second-order valence-electron chi connectivity index (χ2n) is 7.66. The quantitative estimate of drug-likeness (QED) is 0.419. The first-order valence-corrected chi connectivity index (χ1v) is 11.4. The molecular weight excluding hydrogens is 458 g/mol. The number of carbonyl (C=O) groups excluding carboxylic acids is 1. The first-order valence-electron chi connectivity index (χ1n) is 10.1. The molecule has 2 aromatic carbocycles. The van der Waals surface area contributed by atoms with E-state index in [0.29, 0.717) is 29.1 Å². The summed E-state index contributed by atoms with van der Waals surface area (Å²) >= 11 is -1.43. The summed E-state index contributed by atoms with van der Waals surface area (Å²) in [4.78, 5) is 21.2. The third-order valence-electron chi connectivity index (χ3n) is 5.52. The highest BCUT2D eigenvalue weighted by molar-refractivity contribution is 7.92. The van der Waals surface area contributed by atoms with Crippen LogP contribution in [0.1, 0.15) is 24.1 Å². The summed E-state index contributed by atoms with van der Waals surface area (Å²) in [6, 6.07) is 11.7. The Morgan fingerprint density at radius 3 is 2.52 bits per heavy atom. The Kier molecular flexibility index (Phi) is 6.66. The van der Waals surface area contributed by atoms with Gasteiger partial charge in [-0.3, -0.25) is 4.79 Å². The molecule has 3 atom stereocenters. The van der Waals surface area contributed by atoms with Crippen LogP contribution < -0.4 is 5.32 Å². The van der Waals surface area contributed by atoms with Gasteiger partial charge in [-0.25, -0.2) is 14.4 Å². The van der Waals surface area contributed by atoms with Gasteiger partial charge >= 0.3 is 6.18 Å². The van der Waals surface area contributed by atoms with Crippen LogP contribution in [-0.4, -0.2) is 25.7 Å². The van der Waals surface area contributed by atoms with Crippen LogP contribution in [0, 0.1) is 11.7 Å². The van der Waals surface area contributed by atoms with Crippen LogP contribution >= 0.6 is 0 Å². The van der Waals surface area contributed by atoms with Crippen LogP contribution in [0.5, 0.6) is 0 Å². The van der Waals surface area contributed by atoms with Crippen molar-refractivity contribution in [3.8, 4) is 11.3 Å². The average Bonchev–Trinajstić information content (AvgIpc) is 2.77. The van der Waals surface area contributed by atoms with Crippen molar-refractivity contribution < 1.29 is 26.9 Å². The average molecular weight is 477 g/mol. The summed E-state index contributed by atoms with van der Waals surface area (Å²) in [6.07, 6.45) is -2.03. The van der Waals surface area contributed by atoms with Gasteiger partial charge in [0.05, 0.1) is 29.4 Å². The molecule has 1 amide bonds. The number of nitrogens with one attached hydrogen (secondary N) is 1. The van der Waals surface area contributed by atoms with E-state index in [9.17, 15) is 26.9 Å². The number of aromatic nitrogens is 2. The van der Waals surface area contributed by atoms with E-state index >= 15 is 0 Å². The lowest BCUT2D eigenvalue weighted by Crippen LogP contribution is -2.47. The third kappa shape index (κ3) is 5.33. The van der Waals surface area contributed by atoms with Gasteiger partial charge in [-0.15, -0.1) is 0 Å². The predicted octanol–water partition coefficient (Wildman–Crippen LogP) is 4.50. The molecule has 5 nitrogen and oxygen atoms in total. The van der Waals surface area contributed by atoms with Gasteiger partial charge in [-0.05, 0) is 66.5 Å². The van der Waals surface area contributed by atoms with Gasteiger partial charge in [-0.2, -0.15) is 13.2 Å². The minimum absolute atomic E-state index is 0.0553. The maximum Gasteiger partial charge on any atom is 0.416 e. The molecular formula is C23H19F4N3O2S. The molecule has 0 bridgehead atoms. The molecule has 10 heteroatoms. The number of hydrogen-bond donors (Lipinski definition) is 1. The first kappa shape index (κ1) is 23.2. The molecule has 0 saturated heterocycles. The summed E-state index contributed by atoms with van der Waals surface area (Å²) in [5.74, 6) is -1.14. The molecule has 1 N–H and O–H groups in total. The number of benzene rings is 2. The summed E-state index contributed by atoms with van der Waals surface area (Å²) in [5.41, 5.74) is 0.243. The van der Waals surface area contributed by atoms with Crippen LogP contribution in [0.15, 0.2) is 65.8 Å². The number of carbonyl (C=O) groups is 1.